The highest BCUT2D eigenvalue weighted by atomic mass is 35.5. The van der Waals surface area contributed by atoms with Crippen LogP contribution in [0.3, 0.4) is 0 Å². The van der Waals surface area contributed by atoms with Gasteiger partial charge in [-0.2, -0.15) is 0 Å². The van der Waals surface area contributed by atoms with Crippen molar-refractivity contribution < 1.29 is 9.13 Å². The number of halogens is 3. The Morgan fingerprint density at radius 1 is 1.24 bits per heavy atom. The Kier molecular flexibility index (Phi) is 3.50. The number of nitrogens with zero attached hydrogens (tertiary/aromatic N) is 1. The number of rotatable bonds is 2. The van der Waals surface area contributed by atoms with E-state index in [2.05, 4.69) is 4.98 Å². The highest BCUT2D eigenvalue weighted by Crippen LogP contribution is 2.27. The van der Waals surface area contributed by atoms with Crippen molar-refractivity contribution in [1.82, 2.24) is 4.98 Å². The topological polar surface area (TPSA) is 22.1 Å². The molecule has 2 rings (SSSR count). The molecule has 2 nitrogen and oxygen atoms in total. The summed E-state index contributed by atoms with van der Waals surface area (Å²) in [5.74, 6) is -0.248. The van der Waals surface area contributed by atoms with Crippen LogP contribution in [0.1, 0.15) is 5.56 Å². The maximum Gasteiger partial charge on any atom is 0.255 e. The van der Waals surface area contributed by atoms with E-state index in [0.717, 1.165) is 11.6 Å². The van der Waals surface area contributed by atoms with E-state index in [-0.39, 0.29) is 10.9 Å². The third-order valence-corrected chi connectivity index (χ3v) is 2.75. The fraction of sp³-hybridized carbons (Fsp3) is 0.0833. The summed E-state index contributed by atoms with van der Waals surface area (Å²) < 4.78 is 18.7. The SMILES string of the molecule is Cc1cc(Oc2ncc(Cl)cc2F)ccc1Cl. The maximum absolute atomic E-state index is 13.4. The van der Waals surface area contributed by atoms with Crippen molar-refractivity contribution >= 4 is 23.2 Å². The minimum atomic E-state index is -0.606. The van der Waals surface area contributed by atoms with Gasteiger partial charge in [-0.25, -0.2) is 9.37 Å². The third kappa shape index (κ3) is 2.87. The van der Waals surface area contributed by atoms with Gasteiger partial charge < -0.3 is 4.74 Å². The summed E-state index contributed by atoms with van der Waals surface area (Å²) in [6.07, 6.45) is 1.32. The van der Waals surface area contributed by atoms with Crippen molar-refractivity contribution in [1.29, 1.82) is 0 Å². The minimum absolute atomic E-state index is 0.115. The highest BCUT2D eigenvalue weighted by Gasteiger charge is 2.08. The van der Waals surface area contributed by atoms with E-state index in [4.69, 9.17) is 27.9 Å². The number of aromatic nitrogens is 1. The first kappa shape index (κ1) is 12.1. The molecule has 0 bridgehead atoms. The molecule has 0 spiro atoms. The summed E-state index contributed by atoms with van der Waals surface area (Å²) >= 11 is 11.5. The van der Waals surface area contributed by atoms with Gasteiger partial charge in [0, 0.05) is 11.2 Å². The van der Waals surface area contributed by atoms with Crippen LogP contribution in [0.5, 0.6) is 11.6 Å². The normalized spacial score (nSPS) is 10.4. The van der Waals surface area contributed by atoms with E-state index in [9.17, 15) is 4.39 Å². The zero-order chi connectivity index (χ0) is 12.4. The lowest BCUT2D eigenvalue weighted by Crippen LogP contribution is -1.92. The van der Waals surface area contributed by atoms with Crippen molar-refractivity contribution in [3.8, 4) is 11.6 Å². The van der Waals surface area contributed by atoms with Crippen LogP contribution in [0.2, 0.25) is 10.0 Å². The van der Waals surface area contributed by atoms with Crippen molar-refractivity contribution in [2.24, 2.45) is 0 Å². The molecule has 1 heterocycles. The second kappa shape index (κ2) is 4.90. The Morgan fingerprint density at radius 3 is 2.65 bits per heavy atom. The molecule has 17 heavy (non-hydrogen) atoms. The number of hydrogen-bond donors (Lipinski definition) is 0. The molecule has 88 valence electrons. The number of ether oxygens (including phenoxy) is 1. The lowest BCUT2D eigenvalue weighted by Gasteiger charge is -2.07. The number of pyridine rings is 1. The summed E-state index contributed by atoms with van der Waals surface area (Å²) in [5, 5.41) is 0.851. The second-order valence-corrected chi connectivity index (χ2v) is 4.30. The van der Waals surface area contributed by atoms with Gasteiger partial charge in [0.1, 0.15) is 5.75 Å². The largest absolute Gasteiger partial charge is 0.436 e. The number of hydrogen-bond acceptors (Lipinski definition) is 2. The first-order valence-corrected chi connectivity index (χ1v) is 5.57. The molecule has 0 amide bonds. The van der Waals surface area contributed by atoms with Crippen LogP contribution in [-0.4, -0.2) is 4.98 Å². The highest BCUT2D eigenvalue weighted by molar-refractivity contribution is 6.31. The third-order valence-electron chi connectivity index (χ3n) is 2.12. The van der Waals surface area contributed by atoms with E-state index >= 15 is 0 Å². The predicted octanol–water partition coefficient (Wildman–Crippen LogP) is 4.63. The van der Waals surface area contributed by atoms with Crippen LogP contribution < -0.4 is 4.74 Å². The standard InChI is InChI=1S/C12H8Cl2FNO/c1-7-4-9(2-3-10(7)14)17-12-11(15)5-8(13)6-16-12/h2-6H,1H3. The first-order chi connectivity index (χ1) is 8.06. The molecule has 2 aromatic rings. The quantitative estimate of drug-likeness (QED) is 0.795. The molecular weight excluding hydrogens is 264 g/mol. The molecule has 0 aliphatic heterocycles. The van der Waals surface area contributed by atoms with Gasteiger partial charge in [0.2, 0.25) is 0 Å². The fourth-order valence-electron chi connectivity index (χ4n) is 1.27. The van der Waals surface area contributed by atoms with E-state index in [1.807, 2.05) is 6.92 Å². The number of aryl methyl sites for hydroxylation is 1. The molecule has 0 atom stereocenters. The summed E-state index contributed by atoms with van der Waals surface area (Å²) in [5.41, 5.74) is 0.846. The Hall–Kier alpha value is -1.32. The van der Waals surface area contributed by atoms with Crippen LogP contribution in [0, 0.1) is 12.7 Å². The molecule has 0 N–H and O–H groups in total. The van der Waals surface area contributed by atoms with Gasteiger partial charge in [-0.1, -0.05) is 23.2 Å². The average Bonchev–Trinajstić information content (AvgIpc) is 2.27. The van der Waals surface area contributed by atoms with Gasteiger partial charge in [0.15, 0.2) is 5.82 Å². The Labute approximate surface area is 108 Å². The van der Waals surface area contributed by atoms with Crippen LogP contribution in [0.25, 0.3) is 0 Å². The second-order valence-electron chi connectivity index (χ2n) is 3.45. The van der Waals surface area contributed by atoms with E-state index in [1.54, 1.807) is 18.2 Å². The number of benzene rings is 1. The first-order valence-electron chi connectivity index (χ1n) is 4.81. The van der Waals surface area contributed by atoms with Crippen LogP contribution >= 0.6 is 23.2 Å². The van der Waals surface area contributed by atoms with Crippen LogP contribution in [0.15, 0.2) is 30.5 Å². The van der Waals surface area contributed by atoms with Gasteiger partial charge in [0.25, 0.3) is 5.88 Å². The molecule has 0 radical (unpaired) electrons. The van der Waals surface area contributed by atoms with Crippen LogP contribution in [0.4, 0.5) is 4.39 Å². The zero-order valence-corrected chi connectivity index (χ0v) is 10.4. The molecule has 5 heteroatoms. The van der Waals surface area contributed by atoms with Crippen molar-refractivity contribution in [3.63, 3.8) is 0 Å². The molecule has 0 saturated carbocycles. The summed E-state index contributed by atoms with van der Waals surface area (Å²) in [4.78, 5) is 3.76. The molecule has 1 aromatic heterocycles. The van der Waals surface area contributed by atoms with Gasteiger partial charge >= 0.3 is 0 Å². The van der Waals surface area contributed by atoms with E-state index < -0.39 is 5.82 Å². The van der Waals surface area contributed by atoms with Gasteiger partial charge in [-0.15, -0.1) is 0 Å². The lowest BCUT2D eigenvalue weighted by molar-refractivity contribution is 0.422. The molecule has 0 fully saturated rings. The molecule has 0 unspecified atom stereocenters. The molecular formula is C12H8Cl2FNO. The predicted molar refractivity (Wildman–Crippen MR) is 65.5 cm³/mol. The van der Waals surface area contributed by atoms with Gasteiger partial charge in [-0.3, -0.25) is 0 Å². The maximum atomic E-state index is 13.4. The Morgan fingerprint density at radius 2 is 2.00 bits per heavy atom. The zero-order valence-electron chi connectivity index (χ0n) is 8.88. The van der Waals surface area contributed by atoms with Crippen LogP contribution in [-0.2, 0) is 0 Å². The van der Waals surface area contributed by atoms with E-state index in [1.165, 1.54) is 6.20 Å². The van der Waals surface area contributed by atoms with Gasteiger partial charge in [-0.05, 0) is 36.8 Å². The van der Waals surface area contributed by atoms with Gasteiger partial charge in [0.05, 0.1) is 5.02 Å². The summed E-state index contributed by atoms with van der Waals surface area (Å²) in [6.45, 7) is 1.83. The average molecular weight is 272 g/mol. The lowest BCUT2D eigenvalue weighted by atomic mass is 10.2. The molecule has 0 aliphatic carbocycles. The van der Waals surface area contributed by atoms with Crippen molar-refractivity contribution in [2.75, 3.05) is 0 Å². The Balaban J connectivity index is 2.28. The monoisotopic (exact) mass is 271 g/mol. The molecule has 0 aliphatic rings. The van der Waals surface area contributed by atoms with E-state index in [0.29, 0.717) is 10.8 Å². The summed E-state index contributed by atoms with van der Waals surface area (Å²) in [6, 6.07) is 6.18. The molecule has 1 aromatic carbocycles. The van der Waals surface area contributed by atoms with Crippen molar-refractivity contribution in [2.45, 2.75) is 6.92 Å². The fourth-order valence-corrected chi connectivity index (χ4v) is 1.53. The smallest absolute Gasteiger partial charge is 0.255 e. The Bertz CT molecular complexity index is 560. The van der Waals surface area contributed by atoms with Crippen molar-refractivity contribution in [3.05, 3.63) is 51.9 Å². The minimum Gasteiger partial charge on any atom is -0.436 e. The molecule has 0 saturated heterocycles. The summed E-state index contributed by atoms with van der Waals surface area (Å²) in [7, 11) is 0.